The van der Waals surface area contributed by atoms with E-state index in [0.717, 1.165) is 31.3 Å². The molecule has 0 bridgehead atoms. The highest BCUT2D eigenvalue weighted by Gasteiger charge is 2.02. The molecule has 0 aliphatic carbocycles. The topological polar surface area (TPSA) is 75.3 Å². The number of thioether (sulfide) groups is 1. The van der Waals surface area contributed by atoms with Crippen molar-refractivity contribution in [3.8, 4) is 0 Å². The van der Waals surface area contributed by atoms with E-state index in [4.69, 9.17) is 4.52 Å². The van der Waals surface area contributed by atoms with E-state index in [9.17, 15) is 0 Å². The van der Waals surface area contributed by atoms with Gasteiger partial charge in [-0.1, -0.05) is 5.16 Å². The van der Waals surface area contributed by atoms with E-state index in [0.29, 0.717) is 18.1 Å². The summed E-state index contributed by atoms with van der Waals surface area (Å²) >= 11 is 1.79. The first-order valence-electron chi connectivity index (χ1n) is 6.06. The Morgan fingerprint density at radius 2 is 2.28 bits per heavy atom. The van der Waals surface area contributed by atoms with E-state index in [2.05, 4.69) is 32.0 Å². The fourth-order valence-electron chi connectivity index (χ4n) is 1.32. The fourth-order valence-corrected chi connectivity index (χ4v) is 1.59. The van der Waals surface area contributed by atoms with E-state index in [1.165, 1.54) is 0 Å². The lowest BCUT2D eigenvalue weighted by Gasteiger charge is -2.09. The molecule has 0 saturated heterocycles. The highest BCUT2D eigenvalue weighted by molar-refractivity contribution is 7.98. The van der Waals surface area contributed by atoms with Crippen LogP contribution in [0.15, 0.2) is 9.52 Å². The van der Waals surface area contributed by atoms with Crippen molar-refractivity contribution in [2.75, 3.05) is 31.6 Å². The van der Waals surface area contributed by atoms with Crippen molar-refractivity contribution < 1.29 is 4.52 Å². The van der Waals surface area contributed by atoms with E-state index in [1.807, 2.05) is 13.8 Å². The van der Waals surface area contributed by atoms with Crippen LogP contribution in [0.25, 0.3) is 0 Å². The van der Waals surface area contributed by atoms with Crippen molar-refractivity contribution in [2.45, 2.75) is 20.3 Å². The minimum atomic E-state index is 0.653. The summed E-state index contributed by atoms with van der Waals surface area (Å²) < 4.78 is 5.04. The van der Waals surface area contributed by atoms with Gasteiger partial charge in [-0.2, -0.15) is 16.7 Å². The van der Waals surface area contributed by atoms with Gasteiger partial charge in [-0.25, -0.2) is 0 Å². The zero-order valence-corrected chi connectivity index (χ0v) is 12.0. The Labute approximate surface area is 112 Å². The van der Waals surface area contributed by atoms with Gasteiger partial charge in [-0.3, -0.25) is 4.99 Å². The highest BCUT2D eigenvalue weighted by atomic mass is 32.2. The third kappa shape index (κ3) is 5.90. The van der Waals surface area contributed by atoms with Crippen molar-refractivity contribution in [3.05, 3.63) is 11.7 Å². The Bertz CT molecular complexity index is 366. The number of guanidine groups is 1. The van der Waals surface area contributed by atoms with Crippen molar-refractivity contribution in [1.82, 2.24) is 20.8 Å². The SMILES string of the molecule is CCNC(=NCCSC)NCCc1nc(C)no1. The summed E-state index contributed by atoms with van der Waals surface area (Å²) in [4.78, 5) is 8.59. The molecule has 1 aromatic heterocycles. The first kappa shape index (κ1) is 14.8. The molecule has 0 amide bonds. The van der Waals surface area contributed by atoms with Crippen LogP contribution < -0.4 is 10.6 Å². The van der Waals surface area contributed by atoms with Gasteiger partial charge in [-0.15, -0.1) is 0 Å². The largest absolute Gasteiger partial charge is 0.357 e. The standard InChI is InChI=1S/C11H21N5OS/c1-4-12-11(14-7-8-18-3)13-6-5-10-15-9(2)16-17-10/h4-8H2,1-3H3,(H2,12,13,14). The van der Waals surface area contributed by atoms with Gasteiger partial charge in [0.2, 0.25) is 5.89 Å². The lowest BCUT2D eigenvalue weighted by atomic mass is 10.4. The monoisotopic (exact) mass is 271 g/mol. The summed E-state index contributed by atoms with van der Waals surface area (Å²) in [6.45, 7) is 6.26. The molecule has 0 aliphatic heterocycles. The molecule has 6 nitrogen and oxygen atoms in total. The van der Waals surface area contributed by atoms with Crippen molar-refractivity contribution >= 4 is 17.7 Å². The Balaban J connectivity index is 2.30. The molecule has 7 heteroatoms. The highest BCUT2D eigenvalue weighted by Crippen LogP contribution is 1.95. The van der Waals surface area contributed by atoms with Gasteiger partial charge >= 0.3 is 0 Å². The van der Waals surface area contributed by atoms with E-state index in [-0.39, 0.29) is 0 Å². The number of nitrogens with zero attached hydrogens (tertiary/aromatic N) is 3. The molecule has 0 fully saturated rings. The van der Waals surface area contributed by atoms with Gasteiger partial charge in [0.1, 0.15) is 0 Å². The van der Waals surface area contributed by atoms with Gasteiger partial charge in [-0.05, 0) is 20.1 Å². The van der Waals surface area contributed by atoms with Crippen LogP contribution in [-0.2, 0) is 6.42 Å². The molecule has 0 aliphatic rings. The average Bonchev–Trinajstić information content (AvgIpc) is 2.75. The van der Waals surface area contributed by atoms with Crippen LogP contribution in [0.1, 0.15) is 18.6 Å². The van der Waals surface area contributed by atoms with Crippen LogP contribution >= 0.6 is 11.8 Å². The van der Waals surface area contributed by atoms with Gasteiger partial charge in [0.15, 0.2) is 11.8 Å². The number of aryl methyl sites for hydroxylation is 1. The van der Waals surface area contributed by atoms with Crippen LogP contribution in [-0.4, -0.2) is 47.7 Å². The fraction of sp³-hybridized carbons (Fsp3) is 0.727. The Hall–Kier alpha value is -1.24. The molecule has 1 rings (SSSR count). The van der Waals surface area contributed by atoms with Gasteiger partial charge in [0.25, 0.3) is 0 Å². The number of hydrogen-bond acceptors (Lipinski definition) is 5. The summed E-state index contributed by atoms with van der Waals surface area (Å²) in [5, 5.41) is 10.2. The zero-order valence-electron chi connectivity index (χ0n) is 11.2. The molecular weight excluding hydrogens is 250 g/mol. The molecule has 0 spiro atoms. The molecule has 2 N–H and O–H groups in total. The summed E-state index contributed by atoms with van der Waals surface area (Å²) in [5.41, 5.74) is 0. The molecule has 0 radical (unpaired) electrons. The van der Waals surface area contributed by atoms with Crippen LogP contribution in [0.2, 0.25) is 0 Å². The number of nitrogens with one attached hydrogen (secondary N) is 2. The lowest BCUT2D eigenvalue weighted by Crippen LogP contribution is -2.38. The quantitative estimate of drug-likeness (QED) is 0.435. The van der Waals surface area contributed by atoms with E-state index >= 15 is 0 Å². The average molecular weight is 271 g/mol. The van der Waals surface area contributed by atoms with Gasteiger partial charge < -0.3 is 15.2 Å². The van der Waals surface area contributed by atoms with Crippen LogP contribution in [0.3, 0.4) is 0 Å². The maximum atomic E-state index is 5.04. The second kappa shape index (κ2) is 8.79. The Morgan fingerprint density at radius 3 is 2.89 bits per heavy atom. The first-order valence-corrected chi connectivity index (χ1v) is 7.46. The summed E-state index contributed by atoms with van der Waals surface area (Å²) in [5.74, 6) is 3.19. The number of hydrogen-bond donors (Lipinski definition) is 2. The maximum Gasteiger partial charge on any atom is 0.228 e. The number of rotatable bonds is 7. The molecule has 102 valence electrons. The zero-order chi connectivity index (χ0) is 13.2. The molecular formula is C11H21N5OS. The maximum absolute atomic E-state index is 5.04. The predicted molar refractivity (Wildman–Crippen MR) is 75.1 cm³/mol. The summed E-state index contributed by atoms with van der Waals surface area (Å²) in [6.07, 6.45) is 2.78. The summed E-state index contributed by atoms with van der Waals surface area (Å²) in [6, 6.07) is 0. The minimum Gasteiger partial charge on any atom is -0.357 e. The van der Waals surface area contributed by atoms with Crippen molar-refractivity contribution in [3.63, 3.8) is 0 Å². The van der Waals surface area contributed by atoms with Gasteiger partial charge in [0.05, 0.1) is 6.54 Å². The second-order valence-electron chi connectivity index (χ2n) is 3.67. The second-order valence-corrected chi connectivity index (χ2v) is 4.65. The molecule has 0 saturated carbocycles. The molecule has 1 aromatic rings. The molecule has 0 unspecified atom stereocenters. The molecule has 0 aromatic carbocycles. The third-order valence-electron chi connectivity index (χ3n) is 2.11. The first-order chi connectivity index (χ1) is 8.76. The van der Waals surface area contributed by atoms with Crippen LogP contribution in [0, 0.1) is 6.92 Å². The Morgan fingerprint density at radius 1 is 1.44 bits per heavy atom. The van der Waals surface area contributed by atoms with E-state index < -0.39 is 0 Å². The normalized spacial score (nSPS) is 11.6. The van der Waals surface area contributed by atoms with E-state index in [1.54, 1.807) is 11.8 Å². The van der Waals surface area contributed by atoms with Gasteiger partial charge in [0, 0.05) is 25.3 Å². The third-order valence-corrected chi connectivity index (χ3v) is 2.70. The van der Waals surface area contributed by atoms with Crippen molar-refractivity contribution in [1.29, 1.82) is 0 Å². The Kier molecular flexibility index (Phi) is 7.24. The number of aromatic nitrogens is 2. The molecule has 18 heavy (non-hydrogen) atoms. The molecule has 1 heterocycles. The number of aliphatic imine (C=N–C) groups is 1. The predicted octanol–water partition coefficient (Wildman–Crippen LogP) is 0.839. The van der Waals surface area contributed by atoms with Crippen molar-refractivity contribution in [2.24, 2.45) is 4.99 Å². The minimum absolute atomic E-state index is 0.653. The lowest BCUT2D eigenvalue weighted by molar-refractivity contribution is 0.374. The summed E-state index contributed by atoms with van der Waals surface area (Å²) in [7, 11) is 0. The smallest absolute Gasteiger partial charge is 0.228 e. The van der Waals surface area contributed by atoms with Crippen LogP contribution in [0.4, 0.5) is 0 Å². The molecule has 0 atom stereocenters. The van der Waals surface area contributed by atoms with Crippen LogP contribution in [0.5, 0.6) is 0 Å².